The van der Waals surface area contributed by atoms with E-state index in [2.05, 4.69) is 0 Å². The SMILES string of the molecule is CCCCC(O)C(C)(O)CO. The van der Waals surface area contributed by atoms with E-state index < -0.39 is 18.3 Å². The van der Waals surface area contributed by atoms with Gasteiger partial charge < -0.3 is 15.3 Å². The van der Waals surface area contributed by atoms with Crippen molar-refractivity contribution in [1.29, 1.82) is 0 Å². The fourth-order valence-corrected chi connectivity index (χ4v) is 0.814. The summed E-state index contributed by atoms with van der Waals surface area (Å²) < 4.78 is 0. The van der Waals surface area contributed by atoms with Crippen molar-refractivity contribution in [2.45, 2.75) is 44.8 Å². The second-order valence-corrected chi connectivity index (χ2v) is 3.17. The Hall–Kier alpha value is -0.120. The molecule has 11 heavy (non-hydrogen) atoms. The molecule has 0 aliphatic carbocycles. The van der Waals surface area contributed by atoms with Gasteiger partial charge in [0.1, 0.15) is 5.60 Å². The highest BCUT2D eigenvalue weighted by Gasteiger charge is 2.28. The molecule has 3 nitrogen and oxygen atoms in total. The van der Waals surface area contributed by atoms with Gasteiger partial charge in [-0.1, -0.05) is 19.8 Å². The van der Waals surface area contributed by atoms with Gasteiger partial charge in [-0.15, -0.1) is 0 Å². The Morgan fingerprint density at radius 3 is 2.36 bits per heavy atom. The molecule has 2 unspecified atom stereocenters. The van der Waals surface area contributed by atoms with Gasteiger partial charge in [-0.2, -0.15) is 0 Å². The van der Waals surface area contributed by atoms with Gasteiger partial charge in [-0.05, 0) is 13.3 Å². The zero-order valence-corrected chi connectivity index (χ0v) is 7.25. The summed E-state index contributed by atoms with van der Waals surface area (Å²) >= 11 is 0. The van der Waals surface area contributed by atoms with Crippen LogP contribution in [0.2, 0.25) is 0 Å². The minimum Gasteiger partial charge on any atom is -0.393 e. The third-order valence-electron chi connectivity index (χ3n) is 1.87. The van der Waals surface area contributed by atoms with Crippen LogP contribution in [0.3, 0.4) is 0 Å². The first kappa shape index (κ1) is 10.9. The molecule has 3 N–H and O–H groups in total. The first-order valence-corrected chi connectivity index (χ1v) is 4.06. The molecule has 0 aromatic rings. The molecule has 3 heteroatoms. The van der Waals surface area contributed by atoms with Gasteiger partial charge >= 0.3 is 0 Å². The molecule has 0 bridgehead atoms. The van der Waals surface area contributed by atoms with Crippen LogP contribution in [0.15, 0.2) is 0 Å². The van der Waals surface area contributed by atoms with Gasteiger partial charge in [0.2, 0.25) is 0 Å². The maximum absolute atomic E-state index is 9.32. The van der Waals surface area contributed by atoms with Gasteiger partial charge in [0.05, 0.1) is 12.7 Å². The number of rotatable bonds is 5. The quantitative estimate of drug-likeness (QED) is 0.544. The van der Waals surface area contributed by atoms with Gasteiger partial charge in [-0.3, -0.25) is 0 Å². The Morgan fingerprint density at radius 2 is 2.00 bits per heavy atom. The van der Waals surface area contributed by atoms with Crippen LogP contribution in [0.4, 0.5) is 0 Å². The summed E-state index contributed by atoms with van der Waals surface area (Å²) in [4.78, 5) is 0. The molecule has 0 aromatic carbocycles. The number of hydrogen-bond donors (Lipinski definition) is 3. The summed E-state index contributed by atoms with van der Waals surface area (Å²) in [6, 6.07) is 0. The standard InChI is InChI=1S/C8H18O3/c1-3-4-5-7(10)8(2,11)6-9/h7,9-11H,3-6H2,1-2H3. The summed E-state index contributed by atoms with van der Waals surface area (Å²) in [7, 11) is 0. The van der Waals surface area contributed by atoms with Crippen molar-refractivity contribution in [2.75, 3.05) is 6.61 Å². The summed E-state index contributed by atoms with van der Waals surface area (Å²) in [5.74, 6) is 0. The maximum Gasteiger partial charge on any atom is 0.111 e. The second kappa shape index (κ2) is 4.70. The van der Waals surface area contributed by atoms with Crippen LogP contribution in [-0.4, -0.2) is 33.6 Å². The lowest BCUT2D eigenvalue weighted by Gasteiger charge is -2.26. The van der Waals surface area contributed by atoms with Gasteiger partial charge in [0, 0.05) is 0 Å². The lowest BCUT2D eigenvalue weighted by molar-refractivity contribution is -0.0950. The Labute approximate surface area is 67.7 Å². The molecule has 0 saturated heterocycles. The first-order valence-electron chi connectivity index (χ1n) is 4.06. The fourth-order valence-electron chi connectivity index (χ4n) is 0.814. The molecular formula is C8H18O3. The van der Waals surface area contributed by atoms with Crippen LogP contribution in [0.1, 0.15) is 33.1 Å². The van der Waals surface area contributed by atoms with E-state index in [1.54, 1.807) is 0 Å². The molecule has 0 aromatic heterocycles. The predicted octanol–water partition coefficient (Wildman–Crippen LogP) is 0.281. The van der Waals surface area contributed by atoms with Crippen LogP contribution in [-0.2, 0) is 0 Å². The van der Waals surface area contributed by atoms with Crippen molar-refractivity contribution in [1.82, 2.24) is 0 Å². The second-order valence-electron chi connectivity index (χ2n) is 3.17. The highest BCUT2D eigenvalue weighted by atomic mass is 16.4. The van der Waals surface area contributed by atoms with E-state index in [1.165, 1.54) is 6.92 Å². The van der Waals surface area contributed by atoms with Crippen molar-refractivity contribution in [3.05, 3.63) is 0 Å². The van der Waals surface area contributed by atoms with Gasteiger partial charge in [0.25, 0.3) is 0 Å². The van der Waals surface area contributed by atoms with E-state index >= 15 is 0 Å². The van der Waals surface area contributed by atoms with Crippen LogP contribution >= 0.6 is 0 Å². The maximum atomic E-state index is 9.32. The number of aliphatic hydroxyl groups excluding tert-OH is 2. The average Bonchev–Trinajstić information content (AvgIpc) is 2.00. The van der Waals surface area contributed by atoms with E-state index in [1.807, 2.05) is 6.92 Å². The van der Waals surface area contributed by atoms with E-state index in [0.29, 0.717) is 6.42 Å². The molecule has 0 amide bonds. The monoisotopic (exact) mass is 162 g/mol. The summed E-state index contributed by atoms with van der Waals surface area (Å²) in [6.07, 6.45) is 1.59. The summed E-state index contributed by atoms with van der Waals surface area (Å²) in [5, 5.41) is 27.3. The summed E-state index contributed by atoms with van der Waals surface area (Å²) in [6.45, 7) is 3.06. The predicted molar refractivity (Wildman–Crippen MR) is 43.2 cm³/mol. The Kier molecular flexibility index (Phi) is 4.65. The van der Waals surface area contributed by atoms with Gasteiger partial charge in [-0.25, -0.2) is 0 Å². The molecule has 0 radical (unpaired) electrons. The molecule has 0 heterocycles. The highest BCUT2D eigenvalue weighted by Crippen LogP contribution is 2.14. The first-order chi connectivity index (χ1) is 5.04. The largest absolute Gasteiger partial charge is 0.393 e. The van der Waals surface area contributed by atoms with Crippen molar-refractivity contribution in [2.24, 2.45) is 0 Å². The van der Waals surface area contributed by atoms with Crippen molar-refractivity contribution >= 4 is 0 Å². The third-order valence-corrected chi connectivity index (χ3v) is 1.87. The molecule has 0 aliphatic heterocycles. The molecule has 68 valence electrons. The Bertz CT molecular complexity index is 102. The molecule has 0 aliphatic rings. The molecule has 0 saturated carbocycles. The highest BCUT2D eigenvalue weighted by molar-refractivity contribution is 4.80. The minimum atomic E-state index is -1.34. The van der Waals surface area contributed by atoms with Crippen molar-refractivity contribution in [3.63, 3.8) is 0 Å². The average molecular weight is 162 g/mol. The third kappa shape index (κ3) is 3.70. The molecule has 2 atom stereocenters. The molecule has 0 fully saturated rings. The van der Waals surface area contributed by atoms with Crippen molar-refractivity contribution in [3.8, 4) is 0 Å². The fraction of sp³-hybridized carbons (Fsp3) is 1.00. The zero-order chi connectivity index (χ0) is 8.91. The van der Waals surface area contributed by atoms with Crippen molar-refractivity contribution < 1.29 is 15.3 Å². The number of hydrogen-bond acceptors (Lipinski definition) is 3. The molecule has 0 spiro atoms. The normalized spacial score (nSPS) is 19.4. The number of aliphatic hydroxyl groups is 3. The van der Waals surface area contributed by atoms with Crippen LogP contribution in [0.25, 0.3) is 0 Å². The lowest BCUT2D eigenvalue weighted by Crippen LogP contribution is -2.42. The molecule has 0 rings (SSSR count). The zero-order valence-electron chi connectivity index (χ0n) is 7.25. The Morgan fingerprint density at radius 1 is 1.45 bits per heavy atom. The summed E-state index contributed by atoms with van der Waals surface area (Å²) in [5.41, 5.74) is -1.34. The smallest absolute Gasteiger partial charge is 0.111 e. The van der Waals surface area contributed by atoms with Gasteiger partial charge in [0.15, 0.2) is 0 Å². The van der Waals surface area contributed by atoms with Crippen LogP contribution < -0.4 is 0 Å². The minimum absolute atomic E-state index is 0.391. The van der Waals surface area contributed by atoms with E-state index in [4.69, 9.17) is 5.11 Å². The van der Waals surface area contributed by atoms with E-state index in [9.17, 15) is 10.2 Å². The number of unbranched alkanes of at least 4 members (excludes halogenated alkanes) is 1. The molecular weight excluding hydrogens is 144 g/mol. The topological polar surface area (TPSA) is 60.7 Å². The lowest BCUT2D eigenvalue weighted by atomic mass is 9.96. The van der Waals surface area contributed by atoms with E-state index in [0.717, 1.165) is 12.8 Å². The van der Waals surface area contributed by atoms with E-state index in [-0.39, 0.29) is 0 Å². The van der Waals surface area contributed by atoms with Crippen LogP contribution in [0, 0.1) is 0 Å². The van der Waals surface area contributed by atoms with Crippen LogP contribution in [0.5, 0.6) is 0 Å². The Balaban J connectivity index is 3.71.